The Hall–Kier alpha value is -0.820. The lowest BCUT2D eigenvalue weighted by molar-refractivity contribution is 0.280. The van der Waals surface area contributed by atoms with Crippen molar-refractivity contribution in [3.8, 4) is 0 Å². The maximum atomic E-state index is 8.97. The molecule has 0 atom stereocenters. The zero-order chi connectivity index (χ0) is 8.27. The summed E-state index contributed by atoms with van der Waals surface area (Å²) in [5.41, 5.74) is 2.29. The Morgan fingerprint density at radius 1 is 1.27 bits per heavy atom. The summed E-state index contributed by atoms with van der Waals surface area (Å²) in [7, 11) is 0. The van der Waals surface area contributed by atoms with Gasteiger partial charge in [-0.15, -0.1) is 0 Å². The summed E-state index contributed by atoms with van der Waals surface area (Å²) >= 11 is 0. The van der Waals surface area contributed by atoms with Crippen molar-refractivity contribution in [2.24, 2.45) is 0 Å². The second-order valence-electron chi connectivity index (χ2n) is 3.01. The molecule has 1 N–H and O–H groups in total. The minimum absolute atomic E-state index is 0.147. The Kier molecular flexibility index (Phi) is 2.66. The molecule has 0 saturated carbocycles. The van der Waals surface area contributed by atoms with Crippen molar-refractivity contribution in [1.29, 1.82) is 0 Å². The van der Waals surface area contributed by atoms with Gasteiger partial charge < -0.3 is 5.11 Å². The molecule has 1 rings (SSSR count). The molecule has 11 heavy (non-hydrogen) atoms. The highest BCUT2D eigenvalue weighted by atomic mass is 16.3. The van der Waals surface area contributed by atoms with Gasteiger partial charge in [0.05, 0.1) is 6.61 Å². The van der Waals surface area contributed by atoms with E-state index in [1.807, 2.05) is 18.2 Å². The molecule has 0 bridgehead atoms. The summed E-state index contributed by atoms with van der Waals surface area (Å²) in [6.07, 6.45) is 0. The summed E-state index contributed by atoms with van der Waals surface area (Å²) < 4.78 is 0. The SMILES string of the molecule is CC(C)c1ccccc1CO. The first kappa shape index (κ1) is 8.28. The molecular formula is C10H14O. The third-order valence-electron chi connectivity index (χ3n) is 1.85. The van der Waals surface area contributed by atoms with Crippen LogP contribution in [0.5, 0.6) is 0 Å². The Bertz CT molecular complexity index is 228. The minimum Gasteiger partial charge on any atom is -0.392 e. The van der Waals surface area contributed by atoms with E-state index in [2.05, 4.69) is 19.9 Å². The normalized spacial score (nSPS) is 10.5. The summed E-state index contributed by atoms with van der Waals surface area (Å²) in [6.45, 7) is 4.41. The van der Waals surface area contributed by atoms with E-state index in [0.717, 1.165) is 5.56 Å². The Morgan fingerprint density at radius 3 is 2.36 bits per heavy atom. The second kappa shape index (κ2) is 3.54. The first-order chi connectivity index (χ1) is 5.25. The van der Waals surface area contributed by atoms with Gasteiger partial charge in [0.25, 0.3) is 0 Å². The number of rotatable bonds is 2. The molecule has 1 aromatic rings. The van der Waals surface area contributed by atoms with Crippen LogP contribution in [-0.4, -0.2) is 5.11 Å². The standard InChI is InChI=1S/C10H14O/c1-8(2)10-6-4-3-5-9(10)7-11/h3-6,8,11H,7H2,1-2H3. The molecule has 0 aliphatic rings. The molecule has 0 unspecified atom stereocenters. The van der Waals surface area contributed by atoms with E-state index in [-0.39, 0.29) is 6.61 Å². The molecule has 0 saturated heterocycles. The van der Waals surface area contributed by atoms with Gasteiger partial charge in [0.15, 0.2) is 0 Å². The quantitative estimate of drug-likeness (QED) is 0.685. The largest absolute Gasteiger partial charge is 0.392 e. The van der Waals surface area contributed by atoms with E-state index in [0.29, 0.717) is 5.92 Å². The van der Waals surface area contributed by atoms with Crippen molar-refractivity contribution in [3.63, 3.8) is 0 Å². The number of hydrogen-bond acceptors (Lipinski definition) is 1. The van der Waals surface area contributed by atoms with Crippen LogP contribution in [0.25, 0.3) is 0 Å². The lowest BCUT2D eigenvalue weighted by Gasteiger charge is -2.09. The van der Waals surface area contributed by atoms with Gasteiger partial charge in [-0.1, -0.05) is 38.1 Å². The van der Waals surface area contributed by atoms with Gasteiger partial charge in [-0.2, -0.15) is 0 Å². The lowest BCUT2D eigenvalue weighted by atomic mass is 9.98. The highest BCUT2D eigenvalue weighted by Crippen LogP contribution is 2.18. The molecule has 0 spiro atoms. The first-order valence-electron chi connectivity index (χ1n) is 3.94. The minimum atomic E-state index is 0.147. The van der Waals surface area contributed by atoms with Crippen LogP contribution in [0.1, 0.15) is 30.9 Å². The molecule has 0 heterocycles. The van der Waals surface area contributed by atoms with Crippen molar-refractivity contribution < 1.29 is 5.11 Å². The summed E-state index contributed by atoms with van der Waals surface area (Å²) in [5, 5.41) is 8.97. The highest BCUT2D eigenvalue weighted by molar-refractivity contribution is 5.28. The van der Waals surface area contributed by atoms with Gasteiger partial charge in [-0.3, -0.25) is 0 Å². The van der Waals surface area contributed by atoms with Gasteiger partial charge in [0.2, 0.25) is 0 Å². The monoisotopic (exact) mass is 150 g/mol. The fourth-order valence-electron chi connectivity index (χ4n) is 1.24. The zero-order valence-electron chi connectivity index (χ0n) is 7.04. The molecule has 0 amide bonds. The van der Waals surface area contributed by atoms with Crippen LogP contribution in [0.4, 0.5) is 0 Å². The Morgan fingerprint density at radius 2 is 1.91 bits per heavy atom. The van der Waals surface area contributed by atoms with Gasteiger partial charge >= 0.3 is 0 Å². The molecule has 1 aromatic carbocycles. The van der Waals surface area contributed by atoms with Crippen LogP contribution in [-0.2, 0) is 6.61 Å². The van der Waals surface area contributed by atoms with Crippen LogP contribution >= 0.6 is 0 Å². The topological polar surface area (TPSA) is 20.2 Å². The van der Waals surface area contributed by atoms with E-state index in [4.69, 9.17) is 5.11 Å². The van der Waals surface area contributed by atoms with Gasteiger partial charge in [0.1, 0.15) is 0 Å². The fourth-order valence-corrected chi connectivity index (χ4v) is 1.24. The average Bonchev–Trinajstić information content (AvgIpc) is 2.04. The predicted octanol–water partition coefficient (Wildman–Crippen LogP) is 2.30. The molecule has 0 aliphatic heterocycles. The second-order valence-corrected chi connectivity index (χ2v) is 3.01. The maximum absolute atomic E-state index is 8.97. The molecule has 0 aromatic heterocycles. The average molecular weight is 150 g/mol. The molecule has 1 heteroatoms. The Balaban J connectivity index is 3.02. The van der Waals surface area contributed by atoms with Crippen molar-refractivity contribution in [2.45, 2.75) is 26.4 Å². The molecule has 60 valence electrons. The summed E-state index contributed by atoms with van der Waals surface area (Å²) in [5.74, 6) is 0.498. The molecule has 1 nitrogen and oxygen atoms in total. The third-order valence-corrected chi connectivity index (χ3v) is 1.85. The van der Waals surface area contributed by atoms with E-state index < -0.39 is 0 Å². The number of benzene rings is 1. The number of aliphatic hydroxyl groups is 1. The smallest absolute Gasteiger partial charge is 0.0684 e. The molecular weight excluding hydrogens is 136 g/mol. The highest BCUT2D eigenvalue weighted by Gasteiger charge is 2.02. The fraction of sp³-hybridized carbons (Fsp3) is 0.400. The van der Waals surface area contributed by atoms with Crippen LogP contribution in [0.2, 0.25) is 0 Å². The van der Waals surface area contributed by atoms with E-state index in [9.17, 15) is 0 Å². The zero-order valence-corrected chi connectivity index (χ0v) is 7.04. The third kappa shape index (κ3) is 1.81. The maximum Gasteiger partial charge on any atom is 0.0684 e. The number of hydrogen-bond donors (Lipinski definition) is 1. The van der Waals surface area contributed by atoms with Crippen LogP contribution in [0.3, 0.4) is 0 Å². The van der Waals surface area contributed by atoms with Crippen LogP contribution in [0, 0.1) is 0 Å². The van der Waals surface area contributed by atoms with Gasteiger partial charge in [-0.05, 0) is 17.0 Å². The van der Waals surface area contributed by atoms with Gasteiger partial charge in [0, 0.05) is 0 Å². The van der Waals surface area contributed by atoms with Crippen LogP contribution < -0.4 is 0 Å². The van der Waals surface area contributed by atoms with E-state index in [1.54, 1.807) is 0 Å². The van der Waals surface area contributed by atoms with E-state index >= 15 is 0 Å². The molecule has 0 fully saturated rings. The summed E-state index contributed by atoms with van der Waals surface area (Å²) in [6, 6.07) is 8.00. The van der Waals surface area contributed by atoms with Crippen molar-refractivity contribution in [1.82, 2.24) is 0 Å². The summed E-state index contributed by atoms with van der Waals surface area (Å²) in [4.78, 5) is 0. The molecule has 0 radical (unpaired) electrons. The van der Waals surface area contributed by atoms with Crippen molar-refractivity contribution in [3.05, 3.63) is 35.4 Å². The predicted molar refractivity (Wildman–Crippen MR) is 46.5 cm³/mol. The van der Waals surface area contributed by atoms with E-state index in [1.165, 1.54) is 5.56 Å². The van der Waals surface area contributed by atoms with Gasteiger partial charge in [-0.25, -0.2) is 0 Å². The first-order valence-corrected chi connectivity index (χ1v) is 3.94. The molecule has 0 aliphatic carbocycles. The Labute approximate surface area is 67.7 Å². The number of aliphatic hydroxyl groups excluding tert-OH is 1. The lowest BCUT2D eigenvalue weighted by Crippen LogP contribution is -1.94. The van der Waals surface area contributed by atoms with Crippen LogP contribution in [0.15, 0.2) is 24.3 Å². The van der Waals surface area contributed by atoms with Crippen molar-refractivity contribution >= 4 is 0 Å². The van der Waals surface area contributed by atoms with Crippen molar-refractivity contribution in [2.75, 3.05) is 0 Å².